The van der Waals surface area contributed by atoms with E-state index in [1.165, 1.54) is 0 Å². The van der Waals surface area contributed by atoms with Gasteiger partial charge in [0.2, 0.25) is 0 Å². The largest absolute Gasteiger partial charge is 0.379 e. The van der Waals surface area contributed by atoms with Crippen LogP contribution in [0.5, 0.6) is 0 Å². The summed E-state index contributed by atoms with van der Waals surface area (Å²) in [5, 5.41) is 5.70. The number of morpholine rings is 1. The van der Waals surface area contributed by atoms with Crippen LogP contribution in [0.2, 0.25) is 0 Å². The van der Waals surface area contributed by atoms with Gasteiger partial charge in [0.25, 0.3) is 5.91 Å². The topological polar surface area (TPSA) is 57.7 Å². The molecular formula is C13H22N4O2S. The Labute approximate surface area is 123 Å². The van der Waals surface area contributed by atoms with Crippen molar-refractivity contribution in [2.75, 3.05) is 53.5 Å². The van der Waals surface area contributed by atoms with Crippen molar-refractivity contribution in [3.63, 3.8) is 0 Å². The van der Waals surface area contributed by atoms with Crippen LogP contribution < -0.4 is 5.32 Å². The molecule has 0 aliphatic carbocycles. The van der Waals surface area contributed by atoms with Crippen LogP contribution in [0.3, 0.4) is 0 Å². The average molecular weight is 298 g/mol. The van der Waals surface area contributed by atoms with E-state index in [-0.39, 0.29) is 5.91 Å². The second-order valence-electron chi connectivity index (χ2n) is 5.07. The van der Waals surface area contributed by atoms with Gasteiger partial charge in [-0.2, -0.15) is 0 Å². The molecule has 2 heterocycles. The van der Waals surface area contributed by atoms with Crippen LogP contribution in [0.1, 0.15) is 15.5 Å². The summed E-state index contributed by atoms with van der Waals surface area (Å²) in [4.78, 5) is 20.7. The molecule has 0 spiro atoms. The van der Waals surface area contributed by atoms with Crippen LogP contribution in [0.25, 0.3) is 0 Å². The summed E-state index contributed by atoms with van der Waals surface area (Å²) in [6.45, 7) is 5.71. The quantitative estimate of drug-likeness (QED) is 0.817. The predicted octanol–water partition coefficient (Wildman–Crippen LogP) is 0.267. The number of thiazole rings is 1. The van der Waals surface area contributed by atoms with Crippen molar-refractivity contribution in [2.24, 2.45) is 0 Å². The van der Waals surface area contributed by atoms with E-state index < -0.39 is 0 Å². The third-order valence-electron chi connectivity index (χ3n) is 3.09. The van der Waals surface area contributed by atoms with Gasteiger partial charge in [-0.15, -0.1) is 11.3 Å². The van der Waals surface area contributed by atoms with Crippen LogP contribution in [0.15, 0.2) is 5.38 Å². The van der Waals surface area contributed by atoms with E-state index in [9.17, 15) is 4.79 Å². The first-order chi connectivity index (χ1) is 9.65. The van der Waals surface area contributed by atoms with Gasteiger partial charge < -0.3 is 15.0 Å². The molecule has 0 saturated carbocycles. The Bertz CT molecular complexity index is 430. The summed E-state index contributed by atoms with van der Waals surface area (Å²) in [5.41, 5.74) is 0.525. The number of nitrogens with one attached hydrogen (secondary N) is 1. The highest BCUT2D eigenvalue weighted by Crippen LogP contribution is 2.13. The number of ether oxygens (including phenoxy) is 1. The molecule has 20 heavy (non-hydrogen) atoms. The van der Waals surface area contributed by atoms with E-state index in [1.54, 1.807) is 11.3 Å². The number of hydrogen-bond donors (Lipinski definition) is 1. The van der Waals surface area contributed by atoms with Gasteiger partial charge in [-0.05, 0) is 14.1 Å². The minimum absolute atomic E-state index is 0.0867. The number of rotatable bonds is 6. The smallest absolute Gasteiger partial charge is 0.270 e. The van der Waals surface area contributed by atoms with Crippen LogP contribution in [-0.4, -0.2) is 74.2 Å². The highest BCUT2D eigenvalue weighted by atomic mass is 32.1. The minimum atomic E-state index is -0.0867. The Kier molecular flexibility index (Phi) is 5.90. The van der Waals surface area contributed by atoms with Crippen molar-refractivity contribution >= 4 is 17.2 Å². The third kappa shape index (κ3) is 4.82. The van der Waals surface area contributed by atoms with Crippen molar-refractivity contribution in [1.29, 1.82) is 0 Å². The van der Waals surface area contributed by atoms with E-state index in [4.69, 9.17) is 4.74 Å². The Morgan fingerprint density at radius 2 is 2.25 bits per heavy atom. The number of carbonyl (C=O) groups excluding carboxylic acids is 1. The van der Waals surface area contributed by atoms with Crippen molar-refractivity contribution < 1.29 is 9.53 Å². The molecular weight excluding hydrogens is 276 g/mol. The molecule has 1 aliphatic heterocycles. The van der Waals surface area contributed by atoms with E-state index in [2.05, 4.69) is 15.2 Å². The Morgan fingerprint density at radius 3 is 2.95 bits per heavy atom. The lowest BCUT2D eigenvalue weighted by atomic mass is 10.4. The predicted molar refractivity (Wildman–Crippen MR) is 79.1 cm³/mol. The van der Waals surface area contributed by atoms with Crippen molar-refractivity contribution in [3.05, 3.63) is 16.1 Å². The zero-order valence-corrected chi connectivity index (χ0v) is 12.9. The van der Waals surface area contributed by atoms with Crippen LogP contribution >= 0.6 is 11.3 Å². The molecule has 1 saturated heterocycles. The van der Waals surface area contributed by atoms with Gasteiger partial charge in [0.15, 0.2) is 0 Å². The normalized spacial score (nSPS) is 16.6. The summed E-state index contributed by atoms with van der Waals surface area (Å²) >= 11 is 1.55. The van der Waals surface area contributed by atoms with Gasteiger partial charge in [0, 0.05) is 31.6 Å². The first-order valence-corrected chi connectivity index (χ1v) is 7.70. The van der Waals surface area contributed by atoms with Gasteiger partial charge in [0.05, 0.1) is 19.8 Å². The number of nitrogens with zero attached hydrogens (tertiary/aromatic N) is 3. The van der Waals surface area contributed by atoms with Crippen molar-refractivity contribution in [1.82, 2.24) is 20.1 Å². The fourth-order valence-corrected chi connectivity index (χ4v) is 2.74. The number of aromatic nitrogens is 1. The van der Waals surface area contributed by atoms with Gasteiger partial charge in [-0.1, -0.05) is 0 Å². The van der Waals surface area contributed by atoms with Crippen LogP contribution in [0.4, 0.5) is 0 Å². The molecule has 112 valence electrons. The van der Waals surface area contributed by atoms with Crippen LogP contribution in [-0.2, 0) is 11.3 Å². The highest BCUT2D eigenvalue weighted by molar-refractivity contribution is 7.09. The molecule has 0 bridgehead atoms. The summed E-state index contributed by atoms with van der Waals surface area (Å²) in [6.07, 6.45) is 0. The molecule has 0 unspecified atom stereocenters. The maximum atomic E-state index is 11.9. The molecule has 0 radical (unpaired) electrons. The summed E-state index contributed by atoms with van der Waals surface area (Å²) in [7, 11) is 3.96. The molecule has 1 amide bonds. The fourth-order valence-electron chi connectivity index (χ4n) is 1.92. The van der Waals surface area contributed by atoms with E-state index in [0.717, 1.165) is 44.4 Å². The highest BCUT2D eigenvalue weighted by Gasteiger charge is 2.15. The number of likely N-dealkylation sites (N-methyl/N-ethyl adjacent to an activating group) is 1. The Morgan fingerprint density at radius 1 is 1.50 bits per heavy atom. The average Bonchev–Trinajstić information content (AvgIpc) is 2.88. The molecule has 1 aromatic rings. The summed E-state index contributed by atoms with van der Waals surface area (Å²) in [5.74, 6) is -0.0867. The standard InChI is InChI=1S/C13H22N4O2S/c1-16(2)4-3-14-13(18)11-10-20-12(15-11)9-17-5-7-19-8-6-17/h10H,3-9H2,1-2H3,(H,14,18). The fraction of sp³-hybridized carbons (Fsp3) is 0.692. The van der Waals surface area contributed by atoms with E-state index >= 15 is 0 Å². The lowest BCUT2D eigenvalue weighted by Gasteiger charge is -2.25. The molecule has 1 fully saturated rings. The van der Waals surface area contributed by atoms with Gasteiger partial charge in [0.1, 0.15) is 10.7 Å². The molecule has 2 rings (SSSR count). The van der Waals surface area contributed by atoms with Gasteiger partial charge in [-0.25, -0.2) is 4.98 Å². The van der Waals surface area contributed by atoms with Gasteiger partial charge >= 0.3 is 0 Å². The molecule has 7 heteroatoms. The zero-order chi connectivity index (χ0) is 14.4. The zero-order valence-electron chi connectivity index (χ0n) is 12.1. The molecule has 1 N–H and O–H groups in total. The molecule has 6 nitrogen and oxygen atoms in total. The maximum absolute atomic E-state index is 11.9. The SMILES string of the molecule is CN(C)CCNC(=O)c1csc(CN2CCOCC2)n1. The molecule has 1 aromatic heterocycles. The molecule has 0 atom stereocenters. The van der Waals surface area contributed by atoms with Crippen molar-refractivity contribution in [2.45, 2.75) is 6.54 Å². The minimum Gasteiger partial charge on any atom is -0.379 e. The second kappa shape index (κ2) is 7.68. The second-order valence-corrected chi connectivity index (χ2v) is 6.02. The van der Waals surface area contributed by atoms with E-state index in [1.807, 2.05) is 24.4 Å². The number of carbonyl (C=O) groups is 1. The number of hydrogen-bond acceptors (Lipinski definition) is 6. The lowest BCUT2D eigenvalue weighted by molar-refractivity contribution is 0.0341. The summed E-state index contributed by atoms with van der Waals surface area (Å²) in [6, 6.07) is 0. The van der Waals surface area contributed by atoms with E-state index in [0.29, 0.717) is 12.2 Å². The molecule has 1 aliphatic rings. The van der Waals surface area contributed by atoms with Crippen LogP contribution in [0, 0.1) is 0 Å². The molecule has 0 aromatic carbocycles. The Hall–Kier alpha value is -1.02. The summed E-state index contributed by atoms with van der Waals surface area (Å²) < 4.78 is 5.32. The number of amides is 1. The first-order valence-electron chi connectivity index (χ1n) is 6.82. The van der Waals surface area contributed by atoms with Crippen molar-refractivity contribution in [3.8, 4) is 0 Å². The van der Waals surface area contributed by atoms with Gasteiger partial charge in [-0.3, -0.25) is 9.69 Å². The third-order valence-corrected chi connectivity index (χ3v) is 3.93. The Balaban J connectivity index is 1.80. The first kappa shape index (κ1) is 15.4. The maximum Gasteiger partial charge on any atom is 0.270 e. The lowest BCUT2D eigenvalue weighted by Crippen LogP contribution is -2.35. The monoisotopic (exact) mass is 298 g/mol.